The molecule has 0 unspecified atom stereocenters. The average molecular weight is 460 g/mol. The van der Waals surface area contributed by atoms with Crippen molar-refractivity contribution in [2.24, 2.45) is 0 Å². The van der Waals surface area contributed by atoms with Crippen molar-refractivity contribution in [3.63, 3.8) is 0 Å². The third-order valence-electron chi connectivity index (χ3n) is 5.50. The summed E-state index contributed by atoms with van der Waals surface area (Å²) in [4.78, 5) is 32.2. The summed E-state index contributed by atoms with van der Waals surface area (Å²) in [6, 6.07) is 2.35. The lowest BCUT2D eigenvalue weighted by molar-refractivity contribution is -0.0136. The number of nitrogens with one attached hydrogen (secondary N) is 1. The molecule has 2 atom stereocenters. The van der Waals surface area contributed by atoms with Crippen molar-refractivity contribution >= 4 is 22.8 Å². The molecule has 1 aliphatic heterocycles. The van der Waals surface area contributed by atoms with E-state index in [1.807, 2.05) is 0 Å². The zero-order chi connectivity index (χ0) is 23.9. The van der Waals surface area contributed by atoms with Crippen LogP contribution in [-0.4, -0.2) is 56.1 Å². The van der Waals surface area contributed by atoms with Gasteiger partial charge in [-0.1, -0.05) is 0 Å². The van der Waals surface area contributed by atoms with Crippen LogP contribution >= 0.6 is 0 Å². The van der Waals surface area contributed by atoms with Crippen molar-refractivity contribution in [2.75, 3.05) is 18.5 Å². The van der Waals surface area contributed by atoms with Gasteiger partial charge in [-0.15, -0.1) is 0 Å². The number of aliphatic hydroxyl groups excluding tert-OH is 1. The third kappa shape index (κ3) is 4.29. The van der Waals surface area contributed by atoms with Gasteiger partial charge in [0.2, 0.25) is 5.95 Å². The molecule has 3 heterocycles. The molecule has 1 fully saturated rings. The number of aliphatic hydroxyl groups is 1. The van der Waals surface area contributed by atoms with Crippen LogP contribution in [0.4, 0.5) is 14.7 Å². The van der Waals surface area contributed by atoms with Crippen LogP contribution in [0, 0.1) is 11.6 Å². The number of hydrogen-bond acceptors (Lipinski definition) is 7. The molecule has 4 rings (SSSR count). The molecule has 33 heavy (non-hydrogen) atoms. The molecule has 0 radical (unpaired) electrons. The van der Waals surface area contributed by atoms with Crippen LogP contribution in [0.5, 0.6) is 0 Å². The first kappa shape index (κ1) is 22.7. The predicted molar refractivity (Wildman–Crippen MR) is 115 cm³/mol. The van der Waals surface area contributed by atoms with Crippen LogP contribution in [0.3, 0.4) is 0 Å². The highest BCUT2D eigenvalue weighted by Crippen LogP contribution is 2.29. The number of rotatable bonds is 5. The second kappa shape index (κ2) is 8.83. The monoisotopic (exact) mass is 460 g/mol. The molecule has 3 N–H and O–H groups in total. The fourth-order valence-electron chi connectivity index (χ4n) is 3.98. The average Bonchev–Trinajstić information content (AvgIpc) is 2.75. The van der Waals surface area contributed by atoms with Gasteiger partial charge in [0, 0.05) is 24.3 Å². The molecule has 11 heteroatoms. The lowest BCUT2D eigenvalue weighted by Crippen LogP contribution is -2.42. The van der Waals surface area contributed by atoms with E-state index < -0.39 is 41.2 Å². The fraction of sp³-hybridized carbons (Fsp3) is 0.364. The Labute approximate surface area is 186 Å². The van der Waals surface area contributed by atoms with Crippen molar-refractivity contribution < 1.29 is 28.5 Å². The van der Waals surface area contributed by atoms with E-state index in [4.69, 9.17) is 4.74 Å². The third-order valence-corrected chi connectivity index (χ3v) is 5.50. The molecular weight excluding hydrogens is 438 g/mol. The second-order valence-corrected chi connectivity index (χ2v) is 8.09. The molecule has 0 spiro atoms. The number of aromatic carboxylic acids is 1. The Kier molecular flexibility index (Phi) is 6.09. The van der Waals surface area contributed by atoms with Gasteiger partial charge in [0.1, 0.15) is 17.2 Å². The number of carboxylic acids is 1. The van der Waals surface area contributed by atoms with Gasteiger partial charge in [-0.25, -0.2) is 23.5 Å². The molecule has 1 aliphatic rings. The SMILES string of the molecule is CC(C)n1c(C(=O)O)cc(=O)c2c(F)cc(-c3nc(N[C@@H]4CCOC[C@H]4O)ncc3F)cc21. The van der Waals surface area contributed by atoms with E-state index in [9.17, 15) is 24.2 Å². The molecule has 9 nitrogen and oxygen atoms in total. The number of ether oxygens (including phenoxy) is 1. The number of benzene rings is 1. The number of halogens is 2. The Morgan fingerprint density at radius 3 is 2.70 bits per heavy atom. The number of anilines is 1. The van der Waals surface area contributed by atoms with Gasteiger partial charge in [0.05, 0.1) is 35.9 Å². The van der Waals surface area contributed by atoms with Crippen molar-refractivity contribution in [2.45, 2.75) is 38.5 Å². The Hall–Kier alpha value is -3.44. The maximum atomic E-state index is 15.0. The highest BCUT2D eigenvalue weighted by molar-refractivity contribution is 5.92. The number of pyridine rings is 1. The molecular formula is C22H22F2N4O5. The van der Waals surface area contributed by atoms with Gasteiger partial charge in [-0.3, -0.25) is 4.79 Å². The topological polar surface area (TPSA) is 127 Å². The maximum absolute atomic E-state index is 15.0. The lowest BCUT2D eigenvalue weighted by atomic mass is 10.0. The molecule has 174 valence electrons. The van der Waals surface area contributed by atoms with Crippen LogP contribution in [0.2, 0.25) is 0 Å². The number of nitrogens with zero attached hydrogens (tertiary/aromatic N) is 3. The van der Waals surface area contributed by atoms with Gasteiger partial charge < -0.3 is 24.8 Å². The van der Waals surface area contributed by atoms with Crippen molar-refractivity contribution in [1.82, 2.24) is 14.5 Å². The molecule has 3 aromatic rings. The highest BCUT2D eigenvalue weighted by atomic mass is 19.1. The predicted octanol–water partition coefficient (Wildman–Crippen LogP) is 2.58. The Morgan fingerprint density at radius 2 is 2.03 bits per heavy atom. The summed E-state index contributed by atoms with van der Waals surface area (Å²) >= 11 is 0. The van der Waals surface area contributed by atoms with Crippen LogP contribution in [0.25, 0.3) is 22.2 Å². The summed E-state index contributed by atoms with van der Waals surface area (Å²) in [7, 11) is 0. The van der Waals surface area contributed by atoms with Gasteiger partial charge in [0.25, 0.3) is 0 Å². The zero-order valence-corrected chi connectivity index (χ0v) is 17.9. The van der Waals surface area contributed by atoms with Crippen LogP contribution < -0.4 is 10.7 Å². The highest BCUT2D eigenvalue weighted by Gasteiger charge is 2.25. The summed E-state index contributed by atoms with van der Waals surface area (Å²) in [5.74, 6) is -3.08. The Balaban J connectivity index is 1.87. The lowest BCUT2D eigenvalue weighted by Gasteiger charge is -2.28. The number of hydrogen-bond donors (Lipinski definition) is 3. The normalized spacial score (nSPS) is 18.6. The minimum atomic E-state index is -1.34. The first-order chi connectivity index (χ1) is 15.7. The largest absolute Gasteiger partial charge is 0.477 e. The molecule has 0 aliphatic carbocycles. The Bertz CT molecular complexity index is 1290. The summed E-state index contributed by atoms with van der Waals surface area (Å²) in [6.45, 7) is 3.94. The first-order valence-electron chi connectivity index (χ1n) is 10.3. The van der Waals surface area contributed by atoms with E-state index in [1.165, 1.54) is 10.6 Å². The van der Waals surface area contributed by atoms with Crippen LogP contribution in [-0.2, 0) is 4.74 Å². The standard InChI is InChI=1S/C22H22F2N4O5/c1-10(2)28-15-6-11(5-12(23)19(15)17(29)7-16(28)21(31)32)20-13(24)8-25-22(27-20)26-14-3-4-33-9-18(14)30/h5-8,10,14,18,30H,3-4,9H2,1-2H3,(H,31,32)(H,25,26,27)/t14-,18-/m1/s1. The quantitative estimate of drug-likeness (QED) is 0.530. The molecule has 1 saturated heterocycles. The van der Waals surface area contributed by atoms with E-state index in [0.29, 0.717) is 13.0 Å². The summed E-state index contributed by atoms with van der Waals surface area (Å²) in [5, 5.41) is 22.2. The molecule has 1 aromatic carbocycles. The number of fused-ring (bicyclic) bond motifs is 1. The number of aromatic nitrogens is 3. The van der Waals surface area contributed by atoms with Gasteiger partial charge >= 0.3 is 5.97 Å². The van der Waals surface area contributed by atoms with Gasteiger partial charge in [-0.2, -0.15) is 0 Å². The smallest absolute Gasteiger partial charge is 0.352 e. The van der Waals surface area contributed by atoms with Crippen LogP contribution in [0.15, 0.2) is 29.2 Å². The van der Waals surface area contributed by atoms with E-state index in [1.54, 1.807) is 13.8 Å². The summed E-state index contributed by atoms with van der Waals surface area (Å²) in [5.41, 5.74) is -1.32. The molecule has 0 bridgehead atoms. The second-order valence-electron chi connectivity index (χ2n) is 8.09. The summed E-state index contributed by atoms with van der Waals surface area (Å²) in [6.07, 6.45) is 0.603. The van der Waals surface area contributed by atoms with Crippen molar-refractivity contribution in [3.05, 3.63) is 51.9 Å². The number of carboxylic acid groups (broad SMARTS) is 1. The van der Waals surface area contributed by atoms with Gasteiger partial charge in [0.15, 0.2) is 11.2 Å². The molecule has 0 saturated carbocycles. The van der Waals surface area contributed by atoms with Crippen molar-refractivity contribution in [1.29, 1.82) is 0 Å². The van der Waals surface area contributed by atoms with E-state index in [2.05, 4.69) is 15.3 Å². The molecule has 2 aromatic heterocycles. The maximum Gasteiger partial charge on any atom is 0.352 e. The summed E-state index contributed by atoms with van der Waals surface area (Å²) < 4.78 is 36.2. The van der Waals surface area contributed by atoms with E-state index in [0.717, 1.165) is 18.3 Å². The first-order valence-corrected chi connectivity index (χ1v) is 10.3. The van der Waals surface area contributed by atoms with E-state index >= 15 is 4.39 Å². The van der Waals surface area contributed by atoms with Gasteiger partial charge in [-0.05, 0) is 32.4 Å². The van der Waals surface area contributed by atoms with E-state index in [-0.39, 0.29) is 40.4 Å². The Morgan fingerprint density at radius 1 is 1.27 bits per heavy atom. The fourth-order valence-corrected chi connectivity index (χ4v) is 3.98. The zero-order valence-electron chi connectivity index (χ0n) is 17.9. The minimum absolute atomic E-state index is 0.00631. The van der Waals surface area contributed by atoms with Crippen LogP contribution in [0.1, 0.15) is 36.8 Å². The minimum Gasteiger partial charge on any atom is -0.477 e. The molecule has 0 amide bonds. The van der Waals surface area contributed by atoms with Crippen molar-refractivity contribution in [3.8, 4) is 11.3 Å². The number of carbonyl (C=O) groups is 1.